The van der Waals surface area contributed by atoms with Crippen LogP contribution in [0.1, 0.15) is 30.1 Å². The van der Waals surface area contributed by atoms with Crippen LogP contribution in [0.15, 0.2) is 30.7 Å². The largest absolute Gasteiger partial charge is 0.339 e. The van der Waals surface area contributed by atoms with E-state index in [0.29, 0.717) is 5.92 Å². The van der Waals surface area contributed by atoms with Gasteiger partial charge in [0.15, 0.2) is 0 Å². The maximum absolute atomic E-state index is 12.5. The molecule has 1 saturated heterocycles. The summed E-state index contributed by atoms with van der Waals surface area (Å²) in [7, 11) is 0. The van der Waals surface area contributed by atoms with Gasteiger partial charge in [-0.15, -0.1) is 0 Å². The van der Waals surface area contributed by atoms with Crippen molar-refractivity contribution < 1.29 is 4.79 Å². The van der Waals surface area contributed by atoms with Gasteiger partial charge in [-0.2, -0.15) is 0 Å². The number of hydrogen-bond acceptors (Lipinski definition) is 3. The Bertz CT molecular complexity index is 611. The first kappa shape index (κ1) is 13.1. The van der Waals surface area contributed by atoms with Crippen LogP contribution in [-0.2, 0) is 0 Å². The number of aromatic nitrogens is 2. The lowest BCUT2D eigenvalue weighted by Crippen LogP contribution is -2.42. The van der Waals surface area contributed by atoms with Crippen molar-refractivity contribution in [2.75, 3.05) is 13.1 Å². The van der Waals surface area contributed by atoms with Gasteiger partial charge in [0.2, 0.25) is 0 Å². The zero-order valence-electron chi connectivity index (χ0n) is 11.7. The number of likely N-dealkylation sites (tertiary alicyclic amines) is 1. The Kier molecular flexibility index (Phi) is 3.44. The van der Waals surface area contributed by atoms with Crippen LogP contribution in [0.2, 0.25) is 0 Å². The average molecular weight is 272 g/mol. The molecule has 20 heavy (non-hydrogen) atoms. The zero-order chi connectivity index (χ0) is 14.1. The number of carbonyl (C=O) groups excluding carboxylic acids is 1. The van der Waals surface area contributed by atoms with Gasteiger partial charge in [-0.05, 0) is 37.8 Å². The minimum absolute atomic E-state index is 0.101. The van der Waals surface area contributed by atoms with Crippen molar-refractivity contribution in [2.45, 2.75) is 25.8 Å². The number of pyridine rings is 1. The lowest BCUT2D eigenvalue weighted by atomic mass is 9.91. The molecule has 2 N–H and O–H groups in total. The lowest BCUT2D eigenvalue weighted by Gasteiger charge is -2.33. The molecule has 1 aliphatic heterocycles. The van der Waals surface area contributed by atoms with Crippen LogP contribution in [0.4, 0.5) is 0 Å². The molecule has 3 heterocycles. The van der Waals surface area contributed by atoms with Gasteiger partial charge < -0.3 is 15.0 Å². The molecule has 3 rings (SSSR count). The summed E-state index contributed by atoms with van der Waals surface area (Å²) in [4.78, 5) is 18.6. The summed E-state index contributed by atoms with van der Waals surface area (Å²) >= 11 is 0. The Morgan fingerprint density at radius 2 is 2.15 bits per heavy atom. The van der Waals surface area contributed by atoms with Crippen molar-refractivity contribution in [1.29, 1.82) is 0 Å². The summed E-state index contributed by atoms with van der Waals surface area (Å²) in [6.07, 6.45) is 7.43. The molecule has 5 heteroatoms. The molecule has 0 spiro atoms. The number of imidazole rings is 1. The Morgan fingerprint density at radius 1 is 1.40 bits per heavy atom. The molecule has 106 valence electrons. The highest BCUT2D eigenvalue weighted by molar-refractivity contribution is 5.94. The summed E-state index contributed by atoms with van der Waals surface area (Å²) < 4.78 is 1.88. The third-order valence-electron chi connectivity index (χ3n) is 4.21. The quantitative estimate of drug-likeness (QED) is 0.902. The SMILES string of the molecule is CC(N)C1CCN(C(=O)c2ccc3nccn3c2)CC1. The van der Waals surface area contributed by atoms with E-state index in [1.807, 2.05) is 33.8 Å². The van der Waals surface area contributed by atoms with Crippen LogP contribution in [0.25, 0.3) is 5.65 Å². The van der Waals surface area contributed by atoms with Gasteiger partial charge >= 0.3 is 0 Å². The van der Waals surface area contributed by atoms with E-state index in [0.717, 1.165) is 37.1 Å². The average Bonchev–Trinajstić information content (AvgIpc) is 2.94. The van der Waals surface area contributed by atoms with Gasteiger partial charge in [-0.25, -0.2) is 4.98 Å². The summed E-state index contributed by atoms with van der Waals surface area (Å²) in [6, 6.07) is 3.94. The highest BCUT2D eigenvalue weighted by atomic mass is 16.2. The van der Waals surface area contributed by atoms with Crippen LogP contribution >= 0.6 is 0 Å². The molecule has 0 aromatic carbocycles. The molecular weight excluding hydrogens is 252 g/mol. The van der Waals surface area contributed by atoms with Crippen LogP contribution in [0.5, 0.6) is 0 Å². The first-order chi connectivity index (χ1) is 9.65. The Labute approximate surface area is 118 Å². The maximum Gasteiger partial charge on any atom is 0.255 e. The molecule has 5 nitrogen and oxygen atoms in total. The van der Waals surface area contributed by atoms with Crippen LogP contribution < -0.4 is 5.73 Å². The number of piperidine rings is 1. The van der Waals surface area contributed by atoms with Crippen molar-refractivity contribution in [3.63, 3.8) is 0 Å². The highest BCUT2D eigenvalue weighted by Crippen LogP contribution is 2.21. The number of nitrogens with two attached hydrogens (primary N) is 1. The van der Waals surface area contributed by atoms with Crippen LogP contribution in [0, 0.1) is 5.92 Å². The second kappa shape index (κ2) is 5.25. The smallest absolute Gasteiger partial charge is 0.255 e. The molecule has 0 aliphatic carbocycles. The number of amides is 1. The Morgan fingerprint density at radius 3 is 2.85 bits per heavy atom. The molecular formula is C15H20N4O. The van der Waals surface area contributed by atoms with Crippen LogP contribution in [-0.4, -0.2) is 39.3 Å². The van der Waals surface area contributed by atoms with E-state index in [4.69, 9.17) is 5.73 Å². The van der Waals surface area contributed by atoms with Gasteiger partial charge in [0.05, 0.1) is 5.56 Å². The summed E-state index contributed by atoms with van der Waals surface area (Å²) in [5.74, 6) is 0.638. The van der Waals surface area contributed by atoms with Crippen molar-refractivity contribution in [2.24, 2.45) is 11.7 Å². The van der Waals surface area contributed by atoms with Gasteiger partial charge in [-0.3, -0.25) is 4.79 Å². The first-order valence-corrected chi connectivity index (χ1v) is 7.13. The van der Waals surface area contributed by atoms with Crippen molar-refractivity contribution in [3.05, 3.63) is 36.3 Å². The van der Waals surface area contributed by atoms with Crippen molar-refractivity contribution in [1.82, 2.24) is 14.3 Å². The standard InChI is InChI=1S/C15H20N4O/c1-11(16)12-4-7-18(8-5-12)15(20)13-2-3-14-17-6-9-19(14)10-13/h2-3,6,9-12H,4-5,7-8,16H2,1H3. The molecule has 1 unspecified atom stereocenters. The molecule has 2 aromatic heterocycles. The Balaban J connectivity index is 1.73. The summed E-state index contributed by atoms with van der Waals surface area (Å²) in [5.41, 5.74) is 7.51. The predicted molar refractivity (Wildman–Crippen MR) is 77.5 cm³/mol. The fourth-order valence-electron chi connectivity index (χ4n) is 2.86. The van der Waals surface area contributed by atoms with E-state index >= 15 is 0 Å². The molecule has 1 fully saturated rings. The highest BCUT2D eigenvalue weighted by Gasteiger charge is 2.25. The van der Waals surface area contributed by atoms with Crippen LogP contribution in [0.3, 0.4) is 0 Å². The van der Waals surface area contributed by atoms with E-state index in [2.05, 4.69) is 11.9 Å². The maximum atomic E-state index is 12.5. The Hall–Kier alpha value is -1.88. The fraction of sp³-hybridized carbons (Fsp3) is 0.467. The van der Waals surface area contributed by atoms with Crippen molar-refractivity contribution >= 4 is 11.6 Å². The summed E-state index contributed by atoms with van der Waals surface area (Å²) in [6.45, 7) is 3.65. The third-order valence-corrected chi connectivity index (χ3v) is 4.21. The van der Waals surface area contributed by atoms with Gasteiger partial charge in [0, 0.05) is 37.7 Å². The molecule has 1 aliphatic rings. The van der Waals surface area contributed by atoms with E-state index in [1.165, 1.54) is 0 Å². The van der Waals surface area contributed by atoms with E-state index < -0.39 is 0 Å². The first-order valence-electron chi connectivity index (χ1n) is 7.13. The van der Waals surface area contributed by atoms with Gasteiger partial charge in [0.1, 0.15) is 5.65 Å². The molecule has 0 radical (unpaired) electrons. The monoisotopic (exact) mass is 272 g/mol. The fourth-order valence-corrected chi connectivity index (χ4v) is 2.86. The molecule has 2 aromatic rings. The predicted octanol–water partition coefficient (Wildman–Crippen LogP) is 1.53. The number of fused-ring (bicyclic) bond motifs is 1. The van der Waals surface area contributed by atoms with E-state index in [-0.39, 0.29) is 11.9 Å². The topological polar surface area (TPSA) is 63.6 Å². The number of carbonyl (C=O) groups is 1. The summed E-state index contributed by atoms with van der Waals surface area (Å²) in [5, 5.41) is 0. The molecule has 1 atom stereocenters. The second-order valence-corrected chi connectivity index (χ2v) is 5.60. The number of rotatable bonds is 2. The van der Waals surface area contributed by atoms with E-state index in [1.54, 1.807) is 6.20 Å². The molecule has 0 saturated carbocycles. The second-order valence-electron chi connectivity index (χ2n) is 5.60. The van der Waals surface area contributed by atoms with Crippen molar-refractivity contribution in [3.8, 4) is 0 Å². The number of nitrogens with zero attached hydrogens (tertiary/aromatic N) is 3. The number of hydrogen-bond donors (Lipinski definition) is 1. The lowest BCUT2D eigenvalue weighted by molar-refractivity contribution is 0.0680. The van der Waals surface area contributed by atoms with Gasteiger partial charge in [0.25, 0.3) is 5.91 Å². The minimum atomic E-state index is 0.101. The molecule has 0 bridgehead atoms. The minimum Gasteiger partial charge on any atom is -0.339 e. The molecule has 1 amide bonds. The zero-order valence-corrected chi connectivity index (χ0v) is 11.7. The normalized spacial score (nSPS) is 18.4. The third kappa shape index (κ3) is 2.41. The van der Waals surface area contributed by atoms with Gasteiger partial charge in [-0.1, -0.05) is 0 Å². The van der Waals surface area contributed by atoms with E-state index in [9.17, 15) is 4.79 Å².